The Hall–Kier alpha value is -2.73. The van der Waals surface area contributed by atoms with E-state index in [1.54, 1.807) is 37.3 Å². The standard InChI is InChI=1S/C21H25FN2O3/c1-2-24(27-15-17-5-3-4-6-20(17)22)21(26)14-13-19(25)12-9-16-7-10-18(23)11-8-16/h3-8,10-11H,2,9,12-15,23H2,1H3. The molecule has 0 fully saturated rings. The highest BCUT2D eigenvalue weighted by Crippen LogP contribution is 2.12. The predicted octanol–water partition coefficient (Wildman–Crippen LogP) is 3.67. The molecule has 0 aliphatic rings. The fraction of sp³-hybridized carbons (Fsp3) is 0.333. The van der Waals surface area contributed by atoms with Crippen LogP contribution in [0.3, 0.4) is 0 Å². The molecule has 0 saturated carbocycles. The third-order valence-corrected chi connectivity index (χ3v) is 4.19. The van der Waals surface area contributed by atoms with Crippen molar-refractivity contribution < 1.29 is 18.8 Å². The molecule has 0 spiro atoms. The van der Waals surface area contributed by atoms with Crippen molar-refractivity contribution in [2.45, 2.75) is 39.2 Å². The van der Waals surface area contributed by atoms with Crippen molar-refractivity contribution in [2.24, 2.45) is 0 Å². The van der Waals surface area contributed by atoms with Crippen molar-refractivity contribution in [1.82, 2.24) is 5.06 Å². The van der Waals surface area contributed by atoms with E-state index in [1.165, 1.54) is 11.1 Å². The molecule has 0 aliphatic carbocycles. The first-order valence-corrected chi connectivity index (χ1v) is 9.02. The van der Waals surface area contributed by atoms with E-state index in [0.717, 1.165) is 5.56 Å². The molecule has 2 rings (SSSR count). The molecule has 1 amide bonds. The molecule has 0 unspecified atom stereocenters. The number of halogens is 1. The van der Waals surface area contributed by atoms with Gasteiger partial charge in [-0.25, -0.2) is 9.45 Å². The second-order valence-corrected chi connectivity index (χ2v) is 6.23. The van der Waals surface area contributed by atoms with Gasteiger partial charge in [0, 0.05) is 37.1 Å². The molecule has 144 valence electrons. The molecule has 0 heterocycles. The number of Topliss-reactive ketones (excluding diaryl/α,β-unsaturated/α-hetero) is 1. The van der Waals surface area contributed by atoms with E-state index in [1.807, 2.05) is 12.1 Å². The number of carbonyl (C=O) groups is 2. The molecule has 0 aromatic heterocycles. The summed E-state index contributed by atoms with van der Waals surface area (Å²) in [4.78, 5) is 29.7. The maximum atomic E-state index is 13.6. The molecule has 2 aromatic carbocycles. The average Bonchev–Trinajstić information content (AvgIpc) is 2.67. The highest BCUT2D eigenvalue weighted by Gasteiger charge is 2.15. The minimum Gasteiger partial charge on any atom is -0.399 e. The summed E-state index contributed by atoms with van der Waals surface area (Å²) < 4.78 is 13.6. The lowest BCUT2D eigenvalue weighted by Crippen LogP contribution is -2.31. The third-order valence-electron chi connectivity index (χ3n) is 4.19. The predicted molar refractivity (Wildman–Crippen MR) is 102 cm³/mol. The Labute approximate surface area is 158 Å². The number of nitrogen functional groups attached to an aromatic ring is 1. The number of benzene rings is 2. The minimum absolute atomic E-state index is 0.0188. The fourth-order valence-electron chi connectivity index (χ4n) is 2.57. The van der Waals surface area contributed by atoms with Gasteiger partial charge in [-0.05, 0) is 37.1 Å². The Bertz CT molecular complexity index is 762. The number of carbonyl (C=O) groups excluding carboxylic acids is 2. The Kier molecular flexibility index (Phi) is 7.95. The van der Waals surface area contributed by atoms with Gasteiger partial charge in [-0.15, -0.1) is 0 Å². The Morgan fingerprint density at radius 3 is 2.41 bits per heavy atom. The first-order chi connectivity index (χ1) is 13.0. The maximum Gasteiger partial charge on any atom is 0.246 e. The second kappa shape index (κ2) is 10.4. The van der Waals surface area contributed by atoms with Gasteiger partial charge in [0.25, 0.3) is 0 Å². The van der Waals surface area contributed by atoms with Gasteiger partial charge >= 0.3 is 0 Å². The van der Waals surface area contributed by atoms with Crippen LogP contribution in [0.15, 0.2) is 48.5 Å². The number of amides is 1. The number of aryl methyl sites for hydroxylation is 1. The van der Waals surface area contributed by atoms with Crippen LogP contribution in [-0.2, 0) is 27.5 Å². The highest BCUT2D eigenvalue weighted by atomic mass is 19.1. The van der Waals surface area contributed by atoms with Crippen molar-refractivity contribution in [1.29, 1.82) is 0 Å². The SMILES string of the molecule is CCN(OCc1ccccc1F)C(=O)CCC(=O)CCc1ccc(N)cc1. The van der Waals surface area contributed by atoms with Crippen molar-refractivity contribution in [3.63, 3.8) is 0 Å². The average molecular weight is 372 g/mol. The minimum atomic E-state index is -0.376. The van der Waals surface area contributed by atoms with E-state index in [0.29, 0.717) is 30.6 Å². The molecule has 0 radical (unpaired) electrons. The quantitative estimate of drug-likeness (QED) is 0.510. The van der Waals surface area contributed by atoms with Crippen molar-refractivity contribution in [3.8, 4) is 0 Å². The number of hydroxylamine groups is 2. The summed E-state index contributed by atoms with van der Waals surface area (Å²) in [6.07, 6.45) is 1.23. The van der Waals surface area contributed by atoms with Crippen molar-refractivity contribution >= 4 is 17.4 Å². The van der Waals surface area contributed by atoms with E-state index in [9.17, 15) is 14.0 Å². The molecule has 6 heteroatoms. The summed E-state index contributed by atoms with van der Waals surface area (Å²) in [6.45, 7) is 2.06. The molecule has 0 atom stereocenters. The van der Waals surface area contributed by atoms with Gasteiger partial charge in [0.15, 0.2) is 0 Å². The number of hydrogen-bond donors (Lipinski definition) is 1. The third kappa shape index (κ3) is 6.83. The van der Waals surface area contributed by atoms with Crippen LogP contribution < -0.4 is 5.73 Å². The monoisotopic (exact) mass is 372 g/mol. The van der Waals surface area contributed by atoms with E-state index in [-0.39, 0.29) is 37.0 Å². The van der Waals surface area contributed by atoms with E-state index >= 15 is 0 Å². The van der Waals surface area contributed by atoms with Gasteiger partial charge in [-0.1, -0.05) is 30.3 Å². The van der Waals surface area contributed by atoms with Crippen molar-refractivity contribution in [2.75, 3.05) is 12.3 Å². The molecule has 2 N–H and O–H groups in total. The Balaban J connectivity index is 1.74. The largest absolute Gasteiger partial charge is 0.399 e. The summed E-state index contributed by atoms with van der Waals surface area (Å²) in [5.74, 6) is -0.640. The molecule has 5 nitrogen and oxygen atoms in total. The van der Waals surface area contributed by atoms with E-state index in [4.69, 9.17) is 10.6 Å². The van der Waals surface area contributed by atoms with Gasteiger partial charge in [-0.3, -0.25) is 14.4 Å². The summed E-state index contributed by atoms with van der Waals surface area (Å²) >= 11 is 0. The number of nitrogens with zero attached hydrogens (tertiary/aromatic N) is 1. The first-order valence-electron chi connectivity index (χ1n) is 9.02. The molecule has 27 heavy (non-hydrogen) atoms. The highest BCUT2D eigenvalue weighted by molar-refractivity contribution is 5.84. The zero-order valence-corrected chi connectivity index (χ0v) is 15.5. The van der Waals surface area contributed by atoms with Crippen LogP contribution in [0.4, 0.5) is 10.1 Å². The van der Waals surface area contributed by atoms with Crippen molar-refractivity contribution in [3.05, 3.63) is 65.5 Å². The lowest BCUT2D eigenvalue weighted by molar-refractivity contribution is -0.190. The van der Waals surface area contributed by atoms with Crippen LogP contribution in [0, 0.1) is 5.82 Å². The van der Waals surface area contributed by atoms with Gasteiger partial charge in [0.05, 0.1) is 0 Å². The van der Waals surface area contributed by atoms with Crippen LogP contribution in [0.25, 0.3) is 0 Å². The Morgan fingerprint density at radius 1 is 1.04 bits per heavy atom. The smallest absolute Gasteiger partial charge is 0.246 e. The summed E-state index contributed by atoms with van der Waals surface area (Å²) in [5.41, 5.74) is 7.73. The molecule has 2 aromatic rings. The van der Waals surface area contributed by atoms with Crippen LogP contribution >= 0.6 is 0 Å². The van der Waals surface area contributed by atoms with E-state index < -0.39 is 0 Å². The zero-order chi connectivity index (χ0) is 19.6. The topological polar surface area (TPSA) is 72.6 Å². The number of ketones is 1. The van der Waals surface area contributed by atoms with Gasteiger partial charge < -0.3 is 5.73 Å². The number of nitrogens with two attached hydrogens (primary N) is 1. The summed E-state index contributed by atoms with van der Waals surface area (Å²) in [6, 6.07) is 13.6. The maximum absolute atomic E-state index is 13.6. The zero-order valence-electron chi connectivity index (χ0n) is 15.5. The van der Waals surface area contributed by atoms with Gasteiger partial charge in [0.1, 0.15) is 18.2 Å². The lowest BCUT2D eigenvalue weighted by atomic mass is 10.0. The first kappa shape index (κ1) is 20.6. The lowest BCUT2D eigenvalue weighted by Gasteiger charge is -2.20. The Morgan fingerprint density at radius 2 is 1.74 bits per heavy atom. The molecular formula is C21H25FN2O3. The molecule has 0 saturated heterocycles. The molecule has 0 bridgehead atoms. The number of anilines is 1. The van der Waals surface area contributed by atoms with Crippen LogP contribution in [-0.4, -0.2) is 23.3 Å². The van der Waals surface area contributed by atoms with Gasteiger partial charge in [0.2, 0.25) is 5.91 Å². The van der Waals surface area contributed by atoms with Crippen LogP contribution in [0.1, 0.15) is 37.3 Å². The van der Waals surface area contributed by atoms with Crippen LogP contribution in [0.5, 0.6) is 0 Å². The second-order valence-electron chi connectivity index (χ2n) is 6.23. The normalized spacial score (nSPS) is 10.6. The summed E-state index contributed by atoms with van der Waals surface area (Å²) in [5, 5.41) is 1.18. The fourth-order valence-corrected chi connectivity index (χ4v) is 2.57. The van der Waals surface area contributed by atoms with E-state index in [2.05, 4.69) is 0 Å². The number of hydrogen-bond acceptors (Lipinski definition) is 4. The summed E-state index contributed by atoms with van der Waals surface area (Å²) in [7, 11) is 0. The van der Waals surface area contributed by atoms with Gasteiger partial charge in [-0.2, -0.15) is 0 Å². The molecular weight excluding hydrogens is 347 g/mol. The molecule has 0 aliphatic heterocycles. The number of rotatable bonds is 10. The van der Waals surface area contributed by atoms with Crippen LogP contribution in [0.2, 0.25) is 0 Å².